The lowest BCUT2D eigenvalue weighted by atomic mass is 10.3. The zero-order valence-corrected chi connectivity index (χ0v) is 15.8. The molecule has 0 spiro atoms. The highest BCUT2D eigenvalue weighted by atomic mass is 35.5. The second-order valence-corrected chi connectivity index (χ2v) is 8.79. The predicted octanol–water partition coefficient (Wildman–Crippen LogP) is 1.45. The van der Waals surface area contributed by atoms with Crippen molar-refractivity contribution in [1.29, 1.82) is 0 Å². The minimum absolute atomic E-state index is 0.0522. The first-order valence-corrected chi connectivity index (χ1v) is 10.5. The number of nitrogens with two attached hydrogens (primary N) is 1. The lowest BCUT2D eigenvalue weighted by Crippen LogP contribution is -2.40. The van der Waals surface area contributed by atoms with Crippen LogP contribution in [0.2, 0.25) is 5.02 Å². The van der Waals surface area contributed by atoms with Crippen molar-refractivity contribution < 1.29 is 13.2 Å². The molecule has 0 unspecified atom stereocenters. The second kappa shape index (κ2) is 8.80. The van der Waals surface area contributed by atoms with E-state index in [1.54, 1.807) is 30.0 Å². The molecule has 0 atom stereocenters. The predicted molar refractivity (Wildman–Crippen MR) is 101 cm³/mol. The number of hydrogen-bond donors (Lipinski definition) is 2. The van der Waals surface area contributed by atoms with E-state index in [2.05, 4.69) is 10.3 Å². The van der Waals surface area contributed by atoms with E-state index in [1.165, 1.54) is 11.4 Å². The summed E-state index contributed by atoms with van der Waals surface area (Å²) in [6.45, 7) is 1.23. The van der Waals surface area contributed by atoms with E-state index in [0.717, 1.165) is 11.5 Å². The van der Waals surface area contributed by atoms with Gasteiger partial charge >= 0.3 is 0 Å². The molecule has 7 nitrogen and oxygen atoms in total. The summed E-state index contributed by atoms with van der Waals surface area (Å²) in [6.07, 6.45) is 0. The smallest absolute Gasteiger partial charge is 0.215 e. The Labute approximate surface area is 151 Å². The highest BCUT2D eigenvalue weighted by Gasteiger charge is 2.23. The maximum Gasteiger partial charge on any atom is 0.215 e. The molecule has 134 valence electrons. The minimum atomic E-state index is -3.28. The summed E-state index contributed by atoms with van der Waals surface area (Å²) in [6, 6.07) is 5.11. The van der Waals surface area contributed by atoms with Crippen LogP contribution in [0.4, 0.5) is 5.69 Å². The lowest BCUT2D eigenvalue weighted by molar-refractivity contribution is 0.415. The van der Waals surface area contributed by atoms with Gasteiger partial charge in [0.05, 0.1) is 24.4 Å². The van der Waals surface area contributed by atoms with Gasteiger partial charge in [0.1, 0.15) is 5.75 Å². The molecular formula is C14H21ClN4O3S2. The molecule has 3 N–H and O–H groups in total. The first kappa shape index (κ1) is 19.2. The fourth-order valence-corrected chi connectivity index (χ4v) is 4.88. The topological polar surface area (TPSA) is 97.0 Å². The molecule has 0 bridgehead atoms. The van der Waals surface area contributed by atoms with E-state index in [0.29, 0.717) is 29.5 Å². The maximum absolute atomic E-state index is 12.2. The quantitative estimate of drug-likeness (QED) is 0.561. The first-order chi connectivity index (χ1) is 11.4. The van der Waals surface area contributed by atoms with Crippen molar-refractivity contribution in [3.8, 4) is 5.75 Å². The van der Waals surface area contributed by atoms with Crippen LogP contribution in [0.3, 0.4) is 0 Å². The van der Waals surface area contributed by atoms with Crippen molar-refractivity contribution in [2.45, 2.75) is 0 Å². The number of thioether (sulfide) groups is 1. The third kappa shape index (κ3) is 5.44. The van der Waals surface area contributed by atoms with Gasteiger partial charge in [0.2, 0.25) is 10.0 Å². The van der Waals surface area contributed by atoms with Crippen LogP contribution in [0.15, 0.2) is 23.2 Å². The minimum Gasteiger partial charge on any atom is -0.495 e. The Kier molecular flexibility index (Phi) is 7.02. The van der Waals surface area contributed by atoms with E-state index < -0.39 is 10.0 Å². The van der Waals surface area contributed by atoms with Crippen LogP contribution in [0.1, 0.15) is 0 Å². The van der Waals surface area contributed by atoms with Gasteiger partial charge in [-0.1, -0.05) is 11.6 Å². The average molecular weight is 393 g/mol. The summed E-state index contributed by atoms with van der Waals surface area (Å²) in [4.78, 5) is 4.07. The van der Waals surface area contributed by atoms with Crippen LogP contribution in [0.5, 0.6) is 5.75 Å². The van der Waals surface area contributed by atoms with Crippen LogP contribution >= 0.6 is 23.4 Å². The van der Waals surface area contributed by atoms with Crippen LogP contribution in [-0.2, 0) is 10.0 Å². The molecule has 10 heteroatoms. The first-order valence-electron chi connectivity index (χ1n) is 7.38. The number of guanidine groups is 1. The number of nitrogens with zero attached hydrogens (tertiary/aromatic N) is 2. The van der Waals surface area contributed by atoms with Crippen molar-refractivity contribution in [3.05, 3.63) is 23.2 Å². The molecule has 1 aliphatic rings. The standard InChI is InChI=1S/C14H21ClN4O3S2/c1-22-13-3-2-11(10-12(13)15)18-14(16)17-4-9-24(20,21)19-5-7-23-8-6-19/h2-3,10H,4-9H2,1H3,(H3,16,17,18). The van der Waals surface area contributed by atoms with Crippen LogP contribution < -0.4 is 15.8 Å². The number of rotatable bonds is 6. The number of methoxy groups -OCH3 is 1. The number of anilines is 1. The molecule has 24 heavy (non-hydrogen) atoms. The van der Waals surface area contributed by atoms with E-state index >= 15 is 0 Å². The van der Waals surface area contributed by atoms with Crippen LogP contribution in [-0.4, -0.2) is 62.7 Å². The third-order valence-corrected chi connectivity index (χ3v) is 6.51. The molecule has 1 aliphatic heterocycles. The summed E-state index contributed by atoms with van der Waals surface area (Å²) in [5, 5.41) is 3.32. The summed E-state index contributed by atoms with van der Waals surface area (Å²) in [7, 11) is -1.74. The summed E-state index contributed by atoms with van der Waals surface area (Å²) in [5.41, 5.74) is 6.44. The molecule has 0 radical (unpaired) electrons. The molecule has 2 rings (SSSR count). The zero-order chi connectivity index (χ0) is 17.6. The van der Waals surface area contributed by atoms with Crippen molar-refractivity contribution >= 4 is 45.0 Å². The van der Waals surface area contributed by atoms with Crippen LogP contribution in [0, 0.1) is 0 Å². The summed E-state index contributed by atoms with van der Waals surface area (Å²) >= 11 is 7.80. The molecule has 0 saturated carbocycles. The SMILES string of the molecule is COc1ccc(NC(N)=NCCS(=O)(=O)N2CCSCC2)cc1Cl. The second-order valence-electron chi connectivity index (χ2n) is 5.07. The van der Waals surface area contributed by atoms with E-state index in [4.69, 9.17) is 22.1 Å². The van der Waals surface area contributed by atoms with Crippen molar-refractivity contribution in [3.63, 3.8) is 0 Å². The Hall–Kier alpha value is -1.16. The van der Waals surface area contributed by atoms with Gasteiger partial charge in [-0.05, 0) is 18.2 Å². The Morgan fingerprint density at radius 1 is 1.46 bits per heavy atom. The number of benzene rings is 1. The Balaban J connectivity index is 1.88. The molecule has 1 fully saturated rings. The normalized spacial score (nSPS) is 16.8. The Morgan fingerprint density at radius 2 is 2.17 bits per heavy atom. The highest BCUT2D eigenvalue weighted by Crippen LogP contribution is 2.27. The molecule has 0 aliphatic carbocycles. The van der Waals surface area contributed by atoms with Gasteiger partial charge in [-0.15, -0.1) is 0 Å². The largest absolute Gasteiger partial charge is 0.495 e. The molecule has 0 amide bonds. The van der Waals surface area contributed by atoms with Gasteiger partial charge in [-0.25, -0.2) is 12.7 Å². The van der Waals surface area contributed by atoms with Crippen LogP contribution in [0.25, 0.3) is 0 Å². The summed E-state index contributed by atoms with van der Waals surface area (Å²) in [5.74, 6) is 2.32. The number of hydrogen-bond acceptors (Lipinski definition) is 5. The number of halogens is 1. The van der Waals surface area contributed by atoms with E-state index in [1.807, 2.05) is 0 Å². The zero-order valence-electron chi connectivity index (χ0n) is 13.4. The van der Waals surface area contributed by atoms with Crippen molar-refractivity contribution in [2.24, 2.45) is 10.7 Å². The Morgan fingerprint density at radius 3 is 2.79 bits per heavy atom. The summed E-state index contributed by atoms with van der Waals surface area (Å²) < 4.78 is 31.0. The highest BCUT2D eigenvalue weighted by molar-refractivity contribution is 7.99. The molecule has 1 aromatic carbocycles. The van der Waals surface area contributed by atoms with Gasteiger partial charge < -0.3 is 15.8 Å². The van der Waals surface area contributed by atoms with Gasteiger partial charge in [0.25, 0.3) is 0 Å². The molecule has 0 aromatic heterocycles. The lowest BCUT2D eigenvalue weighted by Gasteiger charge is -2.25. The fourth-order valence-electron chi connectivity index (χ4n) is 2.17. The monoisotopic (exact) mass is 392 g/mol. The van der Waals surface area contributed by atoms with Crippen molar-refractivity contribution in [1.82, 2.24) is 4.31 Å². The fraction of sp³-hybridized carbons (Fsp3) is 0.500. The number of nitrogens with one attached hydrogen (secondary N) is 1. The van der Waals surface area contributed by atoms with Gasteiger partial charge in [-0.3, -0.25) is 4.99 Å². The van der Waals surface area contributed by atoms with Gasteiger partial charge in [-0.2, -0.15) is 11.8 Å². The van der Waals surface area contributed by atoms with Gasteiger partial charge in [0.15, 0.2) is 5.96 Å². The number of ether oxygens (including phenoxy) is 1. The molecule has 1 heterocycles. The van der Waals surface area contributed by atoms with Crippen molar-refractivity contribution in [2.75, 3.05) is 49.3 Å². The van der Waals surface area contributed by atoms with E-state index in [9.17, 15) is 8.42 Å². The third-order valence-electron chi connectivity index (χ3n) is 3.42. The van der Waals surface area contributed by atoms with E-state index in [-0.39, 0.29) is 18.3 Å². The Bertz CT molecular complexity index is 691. The van der Waals surface area contributed by atoms with Gasteiger partial charge in [0, 0.05) is 30.3 Å². The molecule has 1 saturated heterocycles. The number of aliphatic imine (C=N–C) groups is 1. The maximum atomic E-state index is 12.2. The average Bonchev–Trinajstić information content (AvgIpc) is 2.55. The molecule has 1 aromatic rings. The number of sulfonamides is 1. The molecular weight excluding hydrogens is 372 g/mol.